The van der Waals surface area contributed by atoms with Crippen molar-refractivity contribution >= 4 is 17.7 Å². The van der Waals surface area contributed by atoms with E-state index >= 15 is 0 Å². The lowest BCUT2D eigenvalue weighted by Crippen LogP contribution is -2.35. The van der Waals surface area contributed by atoms with Crippen molar-refractivity contribution < 1.29 is 13.9 Å². The first-order chi connectivity index (χ1) is 11.3. The molecule has 4 nitrogen and oxygen atoms in total. The molecule has 0 saturated carbocycles. The number of hydrogen-bond acceptors (Lipinski definition) is 4. The molecule has 0 aliphatic carbocycles. The van der Waals surface area contributed by atoms with Crippen LogP contribution in [0.2, 0.25) is 0 Å². The van der Waals surface area contributed by atoms with Crippen LogP contribution in [0.5, 0.6) is 0 Å². The second-order valence-electron chi connectivity index (χ2n) is 5.52. The number of hydrogen-bond donors (Lipinski definition) is 0. The molecule has 23 heavy (non-hydrogen) atoms. The zero-order valence-electron chi connectivity index (χ0n) is 13.0. The lowest BCUT2D eigenvalue weighted by Gasteiger charge is -2.20. The highest BCUT2D eigenvalue weighted by Gasteiger charge is 2.23. The van der Waals surface area contributed by atoms with Gasteiger partial charge in [-0.05, 0) is 24.1 Å². The largest absolute Gasteiger partial charge is 0.468 e. The summed E-state index contributed by atoms with van der Waals surface area (Å²) in [4.78, 5) is 14.2. The first kappa shape index (κ1) is 16.1. The van der Waals surface area contributed by atoms with Gasteiger partial charge in [0.05, 0.1) is 18.1 Å². The molecule has 1 aromatic carbocycles. The number of benzene rings is 1. The van der Waals surface area contributed by atoms with Crippen molar-refractivity contribution in [3.05, 3.63) is 60.1 Å². The molecule has 1 fully saturated rings. The van der Waals surface area contributed by atoms with Gasteiger partial charge in [0.1, 0.15) is 12.4 Å². The van der Waals surface area contributed by atoms with Gasteiger partial charge in [-0.1, -0.05) is 30.3 Å². The van der Waals surface area contributed by atoms with Crippen molar-refractivity contribution in [1.29, 1.82) is 0 Å². The molecule has 0 unspecified atom stereocenters. The second kappa shape index (κ2) is 8.22. The molecule has 1 amide bonds. The lowest BCUT2D eigenvalue weighted by atomic mass is 10.2. The Bertz CT molecular complexity index is 600. The number of nitrogens with zero attached hydrogens (tertiary/aromatic N) is 1. The first-order valence-corrected chi connectivity index (χ1v) is 8.92. The summed E-state index contributed by atoms with van der Waals surface area (Å²) in [6.45, 7) is 2.15. The van der Waals surface area contributed by atoms with Crippen LogP contribution in [0.1, 0.15) is 23.0 Å². The Hall–Kier alpha value is -1.72. The van der Waals surface area contributed by atoms with Gasteiger partial charge < -0.3 is 14.1 Å². The van der Waals surface area contributed by atoms with Crippen LogP contribution in [0.3, 0.4) is 0 Å². The van der Waals surface area contributed by atoms with Gasteiger partial charge in [-0.3, -0.25) is 4.79 Å². The molecule has 122 valence electrons. The van der Waals surface area contributed by atoms with E-state index in [9.17, 15) is 4.79 Å². The maximum absolute atomic E-state index is 12.3. The predicted molar refractivity (Wildman–Crippen MR) is 91.2 cm³/mol. The zero-order valence-corrected chi connectivity index (χ0v) is 13.8. The molecule has 0 radical (unpaired) electrons. The Balaban J connectivity index is 1.44. The number of ether oxygens (including phenoxy) is 1. The smallest absolute Gasteiger partial charge is 0.248 e. The Morgan fingerprint density at radius 3 is 2.87 bits per heavy atom. The molecule has 5 heteroatoms. The molecule has 3 rings (SSSR count). The van der Waals surface area contributed by atoms with Gasteiger partial charge in [-0.25, -0.2) is 0 Å². The van der Waals surface area contributed by atoms with Crippen LogP contribution in [-0.2, 0) is 16.1 Å². The summed E-state index contributed by atoms with van der Waals surface area (Å²) in [5.74, 6) is 2.00. The van der Waals surface area contributed by atoms with E-state index in [2.05, 4.69) is 0 Å². The molecule has 1 aromatic heterocycles. The minimum atomic E-state index is 0.0710. The predicted octanol–water partition coefficient (Wildman–Crippen LogP) is 3.50. The van der Waals surface area contributed by atoms with Crippen molar-refractivity contribution in [2.75, 3.05) is 25.4 Å². The third-order valence-corrected chi connectivity index (χ3v) is 5.18. The van der Waals surface area contributed by atoms with Crippen LogP contribution in [0, 0.1) is 0 Å². The lowest BCUT2D eigenvalue weighted by molar-refractivity contribution is -0.136. The van der Waals surface area contributed by atoms with Crippen molar-refractivity contribution in [3.63, 3.8) is 0 Å². The number of amides is 1. The number of rotatable bonds is 5. The van der Waals surface area contributed by atoms with Gasteiger partial charge in [0.15, 0.2) is 0 Å². The van der Waals surface area contributed by atoms with Gasteiger partial charge in [0, 0.05) is 18.8 Å². The van der Waals surface area contributed by atoms with Gasteiger partial charge in [-0.2, -0.15) is 0 Å². The van der Waals surface area contributed by atoms with Gasteiger partial charge >= 0.3 is 0 Å². The van der Waals surface area contributed by atoms with Crippen LogP contribution in [0.25, 0.3) is 0 Å². The summed E-state index contributed by atoms with van der Waals surface area (Å²) >= 11 is 1.86. The van der Waals surface area contributed by atoms with E-state index < -0.39 is 0 Å². The molecule has 0 N–H and O–H groups in total. The van der Waals surface area contributed by atoms with Gasteiger partial charge in [0.2, 0.25) is 5.91 Å². The molecule has 1 saturated heterocycles. The van der Waals surface area contributed by atoms with E-state index in [0.29, 0.717) is 11.9 Å². The Morgan fingerprint density at radius 1 is 1.22 bits per heavy atom. The molecule has 0 spiro atoms. The highest BCUT2D eigenvalue weighted by atomic mass is 32.2. The summed E-state index contributed by atoms with van der Waals surface area (Å²) in [5, 5.41) is 0.341. The molecule has 2 heterocycles. The van der Waals surface area contributed by atoms with Crippen molar-refractivity contribution in [2.45, 2.75) is 18.3 Å². The fraction of sp³-hybridized carbons (Fsp3) is 0.389. The Morgan fingerprint density at radius 2 is 2.09 bits per heavy atom. The quantitative estimate of drug-likeness (QED) is 0.841. The summed E-state index contributed by atoms with van der Waals surface area (Å²) < 4.78 is 11.0. The number of thioether (sulfide) groups is 1. The monoisotopic (exact) mass is 331 g/mol. The van der Waals surface area contributed by atoms with E-state index in [1.165, 1.54) is 0 Å². The van der Waals surface area contributed by atoms with Crippen LogP contribution >= 0.6 is 11.8 Å². The molecular formula is C18H21NO3S. The van der Waals surface area contributed by atoms with Crippen molar-refractivity contribution in [1.82, 2.24) is 4.90 Å². The Labute approximate surface area is 140 Å². The average Bonchev–Trinajstić information content (AvgIpc) is 3.00. The summed E-state index contributed by atoms with van der Waals surface area (Å²) in [5.41, 5.74) is 1.09. The molecule has 0 bridgehead atoms. The highest BCUT2D eigenvalue weighted by Crippen LogP contribution is 2.34. The molecule has 1 aliphatic rings. The van der Waals surface area contributed by atoms with E-state index in [0.717, 1.165) is 36.6 Å². The standard InChI is InChI=1S/C18H21NO3S/c20-18(14-21-13-15-5-2-1-3-6-15)19-9-8-17(23-12-10-19)16-7-4-11-22-16/h1-7,11,17H,8-10,12-14H2/t17-/m1/s1. The topological polar surface area (TPSA) is 42.7 Å². The number of carbonyl (C=O) groups excluding carboxylic acids is 1. The second-order valence-corrected chi connectivity index (χ2v) is 6.83. The molecule has 1 aliphatic heterocycles. The normalized spacial score (nSPS) is 18.6. The zero-order chi connectivity index (χ0) is 15.9. The number of furan rings is 1. The van der Waals surface area contributed by atoms with E-state index in [4.69, 9.17) is 9.15 Å². The van der Waals surface area contributed by atoms with Gasteiger partial charge in [0.25, 0.3) is 0 Å². The fourth-order valence-electron chi connectivity index (χ4n) is 2.64. The summed E-state index contributed by atoms with van der Waals surface area (Å²) in [7, 11) is 0. The summed E-state index contributed by atoms with van der Waals surface area (Å²) in [6.07, 6.45) is 2.63. The van der Waals surface area contributed by atoms with Gasteiger partial charge in [-0.15, -0.1) is 11.8 Å². The van der Waals surface area contributed by atoms with Crippen LogP contribution in [0.15, 0.2) is 53.1 Å². The van der Waals surface area contributed by atoms with Crippen LogP contribution in [-0.4, -0.2) is 36.3 Å². The maximum Gasteiger partial charge on any atom is 0.248 e. The van der Waals surface area contributed by atoms with E-state index in [-0.39, 0.29) is 12.5 Å². The summed E-state index contributed by atoms with van der Waals surface area (Å²) in [6, 6.07) is 13.9. The first-order valence-electron chi connectivity index (χ1n) is 7.87. The minimum absolute atomic E-state index is 0.0710. The third kappa shape index (κ3) is 4.62. The van der Waals surface area contributed by atoms with E-state index in [1.807, 2.05) is 59.1 Å². The SMILES string of the molecule is O=C(COCc1ccccc1)N1CCS[C@@H](c2ccco2)CC1. The average molecular weight is 331 g/mol. The number of carbonyl (C=O) groups is 1. The molecular weight excluding hydrogens is 310 g/mol. The van der Waals surface area contributed by atoms with E-state index in [1.54, 1.807) is 6.26 Å². The fourth-order valence-corrected chi connectivity index (χ4v) is 3.82. The highest BCUT2D eigenvalue weighted by molar-refractivity contribution is 7.99. The maximum atomic E-state index is 12.3. The molecule has 1 atom stereocenters. The van der Waals surface area contributed by atoms with Crippen molar-refractivity contribution in [2.24, 2.45) is 0 Å². The van der Waals surface area contributed by atoms with Crippen LogP contribution < -0.4 is 0 Å². The van der Waals surface area contributed by atoms with Crippen molar-refractivity contribution in [3.8, 4) is 0 Å². The Kier molecular flexibility index (Phi) is 5.77. The molecule has 2 aromatic rings. The minimum Gasteiger partial charge on any atom is -0.468 e. The van der Waals surface area contributed by atoms with Crippen LogP contribution in [0.4, 0.5) is 0 Å². The third-order valence-electron chi connectivity index (χ3n) is 3.89.